The fourth-order valence-electron chi connectivity index (χ4n) is 8.49. The molecule has 3 heteroatoms. The Kier molecular flexibility index (Phi) is 6.08. The van der Waals surface area contributed by atoms with E-state index in [-0.39, 0.29) is 0 Å². The number of fused-ring (bicyclic) bond motifs is 9. The summed E-state index contributed by atoms with van der Waals surface area (Å²) in [6, 6.07) is 55.2. The Morgan fingerprint density at radius 2 is 1.14 bits per heavy atom. The first-order valence-electron chi connectivity index (χ1n) is 17.7. The fraction of sp³-hybridized carbons (Fsp3) is 0.0417. The molecule has 11 rings (SSSR count). The van der Waals surface area contributed by atoms with Crippen molar-refractivity contribution >= 4 is 71.2 Å². The highest BCUT2D eigenvalue weighted by Crippen LogP contribution is 2.41. The minimum Gasteiger partial charge on any atom is -0.456 e. The molecule has 0 radical (unpaired) electrons. The smallest absolute Gasteiger partial charge is 0.136 e. The molecule has 1 aliphatic carbocycles. The molecule has 0 N–H and O–H groups in total. The van der Waals surface area contributed by atoms with Crippen LogP contribution < -0.4 is 0 Å². The van der Waals surface area contributed by atoms with Gasteiger partial charge in [-0.25, -0.2) is 0 Å². The van der Waals surface area contributed by atoms with Gasteiger partial charge in [-0.2, -0.15) is 0 Å². The number of hydrogen-bond donors (Lipinski definition) is 0. The van der Waals surface area contributed by atoms with Crippen molar-refractivity contribution < 1.29 is 4.42 Å². The Bertz CT molecular complexity index is 3090. The molecule has 7 aromatic carbocycles. The van der Waals surface area contributed by atoms with Crippen LogP contribution in [0.15, 0.2) is 174 Å². The fourth-order valence-corrected chi connectivity index (χ4v) is 8.49. The standard InChI is InChI=1S/C48H32N2O/c1-2-13-34(14-3-1)49-43-21-8-5-17-38(43)41-29-31(25-27-44(41)49)32-24-26-39-37-16-4-7-20-42(37)50(45(39)30-32)35-15-10-12-33(28-35)36-19-11-23-47-48(36)40-18-6-9-22-46(40)51-47/h1-2,4-13,15-30H,3,14H2. The van der Waals surface area contributed by atoms with Crippen LogP contribution in [0.2, 0.25) is 0 Å². The molecule has 0 unspecified atom stereocenters. The van der Waals surface area contributed by atoms with E-state index < -0.39 is 0 Å². The summed E-state index contributed by atoms with van der Waals surface area (Å²) in [4.78, 5) is 0. The van der Waals surface area contributed by atoms with Gasteiger partial charge in [-0.15, -0.1) is 0 Å². The van der Waals surface area contributed by atoms with Gasteiger partial charge in [0.05, 0.1) is 22.1 Å². The van der Waals surface area contributed by atoms with Gasteiger partial charge in [0.15, 0.2) is 0 Å². The molecule has 10 aromatic rings. The minimum absolute atomic E-state index is 0.910. The van der Waals surface area contributed by atoms with Crippen LogP contribution in [0.5, 0.6) is 0 Å². The van der Waals surface area contributed by atoms with Gasteiger partial charge in [-0.3, -0.25) is 0 Å². The molecular formula is C48H32N2O. The summed E-state index contributed by atoms with van der Waals surface area (Å²) in [6.07, 6.45) is 8.83. The molecule has 0 saturated heterocycles. The summed E-state index contributed by atoms with van der Waals surface area (Å²) in [5.41, 5.74) is 14.0. The molecule has 240 valence electrons. The van der Waals surface area contributed by atoms with Gasteiger partial charge in [0.1, 0.15) is 11.2 Å². The highest BCUT2D eigenvalue weighted by Gasteiger charge is 2.18. The van der Waals surface area contributed by atoms with Crippen LogP contribution in [0.25, 0.3) is 99.2 Å². The second-order valence-electron chi connectivity index (χ2n) is 13.6. The van der Waals surface area contributed by atoms with Gasteiger partial charge < -0.3 is 13.6 Å². The third-order valence-electron chi connectivity index (χ3n) is 10.8. The summed E-state index contributed by atoms with van der Waals surface area (Å²) < 4.78 is 11.1. The zero-order valence-electron chi connectivity index (χ0n) is 27.9. The van der Waals surface area contributed by atoms with E-state index in [2.05, 4.69) is 167 Å². The first kappa shape index (κ1) is 28.3. The zero-order valence-corrected chi connectivity index (χ0v) is 27.9. The number of para-hydroxylation sites is 3. The van der Waals surface area contributed by atoms with E-state index in [0.29, 0.717) is 0 Å². The van der Waals surface area contributed by atoms with Crippen molar-refractivity contribution in [1.82, 2.24) is 9.13 Å². The SMILES string of the molecule is C1=CCCC(n2c3ccccc3c3cc(-c4ccc5c6ccccc6n(-c6cccc(-c7cccc8oc9ccccc9c78)c6)c5c4)ccc32)=C1. The third-order valence-corrected chi connectivity index (χ3v) is 10.8. The summed E-state index contributed by atoms with van der Waals surface area (Å²) in [5, 5.41) is 7.37. The first-order chi connectivity index (χ1) is 25.3. The number of aromatic nitrogens is 2. The molecule has 51 heavy (non-hydrogen) atoms. The second-order valence-corrected chi connectivity index (χ2v) is 13.6. The zero-order chi connectivity index (χ0) is 33.5. The van der Waals surface area contributed by atoms with E-state index in [1.54, 1.807) is 0 Å². The van der Waals surface area contributed by atoms with Crippen molar-refractivity contribution in [3.8, 4) is 27.9 Å². The molecule has 3 nitrogen and oxygen atoms in total. The molecule has 1 aliphatic rings. The molecule has 0 bridgehead atoms. The van der Waals surface area contributed by atoms with Crippen molar-refractivity contribution in [2.24, 2.45) is 0 Å². The molecule has 3 aromatic heterocycles. The predicted octanol–water partition coefficient (Wildman–Crippen LogP) is 13.3. The Morgan fingerprint density at radius 1 is 0.451 bits per heavy atom. The molecule has 0 aliphatic heterocycles. The number of nitrogens with zero attached hydrogens (tertiary/aromatic N) is 2. The summed E-state index contributed by atoms with van der Waals surface area (Å²) in [5.74, 6) is 0. The van der Waals surface area contributed by atoms with Gasteiger partial charge in [-0.1, -0.05) is 109 Å². The lowest BCUT2D eigenvalue weighted by atomic mass is 9.99. The maximum Gasteiger partial charge on any atom is 0.136 e. The van der Waals surface area contributed by atoms with E-state index in [9.17, 15) is 0 Å². The maximum atomic E-state index is 6.26. The van der Waals surface area contributed by atoms with E-state index in [1.165, 1.54) is 66.0 Å². The van der Waals surface area contributed by atoms with Crippen molar-refractivity contribution in [2.75, 3.05) is 0 Å². The lowest BCUT2D eigenvalue weighted by Gasteiger charge is -2.14. The molecule has 0 saturated carbocycles. The average Bonchev–Trinajstić information content (AvgIpc) is 3.85. The van der Waals surface area contributed by atoms with Crippen LogP contribution >= 0.6 is 0 Å². The van der Waals surface area contributed by atoms with Crippen molar-refractivity contribution in [2.45, 2.75) is 12.8 Å². The molecule has 0 atom stereocenters. The number of benzene rings is 7. The molecule has 0 spiro atoms. The predicted molar refractivity (Wildman–Crippen MR) is 215 cm³/mol. The largest absolute Gasteiger partial charge is 0.456 e. The van der Waals surface area contributed by atoms with Crippen LogP contribution in [0.3, 0.4) is 0 Å². The van der Waals surface area contributed by atoms with Crippen molar-refractivity contribution in [3.05, 3.63) is 170 Å². The van der Waals surface area contributed by atoms with E-state index in [0.717, 1.165) is 46.0 Å². The van der Waals surface area contributed by atoms with Gasteiger partial charge >= 0.3 is 0 Å². The third kappa shape index (κ3) is 4.25. The normalized spacial score (nSPS) is 13.4. The summed E-state index contributed by atoms with van der Waals surface area (Å²) in [6.45, 7) is 0. The summed E-state index contributed by atoms with van der Waals surface area (Å²) in [7, 11) is 0. The monoisotopic (exact) mass is 652 g/mol. The first-order valence-corrected chi connectivity index (χ1v) is 17.7. The molecule has 0 amide bonds. The van der Waals surface area contributed by atoms with Gasteiger partial charge in [0.2, 0.25) is 0 Å². The van der Waals surface area contributed by atoms with E-state index in [4.69, 9.17) is 4.42 Å². The average molecular weight is 653 g/mol. The second kappa shape index (κ2) is 11.0. The quantitative estimate of drug-likeness (QED) is 0.186. The van der Waals surface area contributed by atoms with Gasteiger partial charge in [0, 0.05) is 43.7 Å². The van der Waals surface area contributed by atoms with Crippen LogP contribution in [-0.4, -0.2) is 9.13 Å². The van der Waals surface area contributed by atoms with Gasteiger partial charge in [-0.05, 0) is 95.8 Å². The minimum atomic E-state index is 0.910. The molecule has 3 heterocycles. The molecular weight excluding hydrogens is 621 g/mol. The highest BCUT2D eigenvalue weighted by molar-refractivity contribution is 6.14. The lowest BCUT2D eigenvalue weighted by molar-refractivity contribution is 0.669. The van der Waals surface area contributed by atoms with Crippen LogP contribution in [0, 0.1) is 0 Å². The number of allylic oxidation sites excluding steroid dienone is 4. The number of rotatable bonds is 4. The Labute approximate surface area is 294 Å². The van der Waals surface area contributed by atoms with Gasteiger partial charge in [0.25, 0.3) is 0 Å². The summed E-state index contributed by atoms with van der Waals surface area (Å²) >= 11 is 0. The molecule has 0 fully saturated rings. The maximum absolute atomic E-state index is 6.26. The van der Waals surface area contributed by atoms with E-state index in [1.807, 2.05) is 12.1 Å². The highest BCUT2D eigenvalue weighted by atomic mass is 16.3. The number of hydrogen-bond acceptors (Lipinski definition) is 1. The van der Waals surface area contributed by atoms with E-state index >= 15 is 0 Å². The van der Waals surface area contributed by atoms with Crippen molar-refractivity contribution in [3.63, 3.8) is 0 Å². The van der Waals surface area contributed by atoms with Crippen LogP contribution in [0.4, 0.5) is 0 Å². The Morgan fingerprint density at radius 3 is 2.00 bits per heavy atom. The van der Waals surface area contributed by atoms with Crippen molar-refractivity contribution in [1.29, 1.82) is 0 Å². The van der Waals surface area contributed by atoms with Crippen LogP contribution in [-0.2, 0) is 0 Å². The Hall–Kier alpha value is -6.58. The Balaban J connectivity index is 1.10. The van der Waals surface area contributed by atoms with Crippen LogP contribution in [0.1, 0.15) is 12.8 Å². The number of furan rings is 1. The lowest BCUT2D eigenvalue weighted by Crippen LogP contribution is -1.98. The topological polar surface area (TPSA) is 23.0 Å².